The van der Waals surface area contributed by atoms with E-state index in [-0.39, 0.29) is 11.5 Å². The summed E-state index contributed by atoms with van der Waals surface area (Å²) in [6.45, 7) is 2.19. The van der Waals surface area contributed by atoms with Crippen molar-refractivity contribution in [2.45, 2.75) is 13.3 Å². The molecule has 0 aliphatic heterocycles. The first kappa shape index (κ1) is 16.5. The Bertz CT molecular complexity index is 737. The van der Waals surface area contributed by atoms with Crippen molar-refractivity contribution in [1.82, 2.24) is 15.1 Å². The Labute approximate surface area is 133 Å². The van der Waals surface area contributed by atoms with Crippen LogP contribution in [0.3, 0.4) is 0 Å². The third-order valence-corrected chi connectivity index (χ3v) is 3.47. The van der Waals surface area contributed by atoms with Crippen LogP contribution in [-0.4, -0.2) is 40.4 Å². The van der Waals surface area contributed by atoms with Crippen molar-refractivity contribution < 1.29 is 19.4 Å². The second-order valence-electron chi connectivity index (χ2n) is 5.14. The number of nitrogens with one attached hydrogen (secondary N) is 1. The summed E-state index contributed by atoms with van der Waals surface area (Å²) in [5, 5.41) is 15.9. The van der Waals surface area contributed by atoms with Crippen LogP contribution < -0.4 is 10.1 Å². The summed E-state index contributed by atoms with van der Waals surface area (Å²) in [6, 6.07) is 4.70. The number of hydrogen-bond donors (Lipinski definition) is 2. The SMILES string of the molecule is COc1cc(C(=O)O)ccc1CCNC(=O)c1cn(C)nc1C. The van der Waals surface area contributed by atoms with Crippen molar-refractivity contribution in [3.05, 3.63) is 46.8 Å². The molecule has 1 heterocycles. The number of aromatic nitrogens is 2. The molecule has 7 heteroatoms. The van der Waals surface area contributed by atoms with Gasteiger partial charge in [0.2, 0.25) is 0 Å². The maximum Gasteiger partial charge on any atom is 0.335 e. The van der Waals surface area contributed by atoms with E-state index in [9.17, 15) is 9.59 Å². The molecule has 23 heavy (non-hydrogen) atoms. The van der Waals surface area contributed by atoms with Crippen molar-refractivity contribution in [3.8, 4) is 5.75 Å². The number of carboxylic acid groups (broad SMARTS) is 1. The van der Waals surface area contributed by atoms with Crippen molar-refractivity contribution in [3.63, 3.8) is 0 Å². The molecule has 7 nitrogen and oxygen atoms in total. The number of hydrogen-bond acceptors (Lipinski definition) is 4. The maximum absolute atomic E-state index is 12.1. The highest BCUT2D eigenvalue weighted by atomic mass is 16.5. The monoisotopic (exact) mass is 317 g/mol. The minimum absolute atomic E-state index is 0.167. The average molecular weight is 317 g/mol. The molecule has 1 aromatic carbocycles. The fraction of sp³-hybridized carbons (Fsp3) is 0.312. The number of methoxy groups -OCH3 is 1. The molecule has 0 bridgehead atoms. The Morgan fingerprint density at radius 1 is 1.39 bits per heavy atom. The van der Waals surface area contributed by atoms with Crippen LogP contribution in [0.15, 0.2) is 24.4 Å². The Morgan fingerprint density at radius 2 is 2.13 bits per heavy atom. The zero-order chi connectivity index (χ0) is 17.0. The summed E-state index contributed by atoms with van der Waals surface area (Å²) in [4.78, 5) is 23.0. The number of amides is 1. The molecular formula is C16H19N3O4. The molecule has 1 aromatic heterocycles. The standard InChI is InChI=1S/C16H19N3O4/c1-10-13(9-19(2)18-10)15(20)17-7-6-11-4-5-12(16(21)22)8-14(11)23-3/h4-5,8-9H,6-7H2,1-3H3,(H,17,20)(H,21,22). The summed E-state index contributed by atoms with van der Waals surface area (Å²) in [6.07, 6.45) is 2.21. The number of carbonyl (C=O) groups is 2. The lowest BCUT2D eigenvalue weighted by atomic mass is 10.1. The van der Waals surface area contributed by atoms with Gasteiger partial charge in [-0.1, -0.05) is 6.07 Å². The van der Waals surface area contributed by atoms with Crippen LogP contribution >= 0.6 is 0 Å². The number of carboxylic acids is 1. The number of aryl methyl sites for hydroxylation is 2. The van der Waals surface area contributed by atoms with Crippen molar-refractivity contribution >= 4 is 11.9 Å². The van der Waals surface area contributed by atoms with E-state index >= 15 is 0 Å². The fourth-order valence-corrected chi connectivity index (χ4v) is 2.31. The first-order valence-electron chi connectivity index (χ1n) is 7.11. The van der Waals surface area contributed by atoms with Crippen molar-refractivity contribution in [2.24, 2.45) is 7.05 Å². The zero-order valence-electron chi connectivity index (χ0n) is 13.3. The Balaban J connectivity index is 2.00. The fourth-order valence-electron chi connectivity index (χ4n) is 2.31. The number of benzene rings is 1. The van der Waals surface area contributed by atoms with E-state index in [0.717, 1.165) is 5.56 Å². The Morgan fingerprint density at radius 3 is 2.70 bits per heavy atom. The zero-order valence-corrected chi connectivity index (χ0v) is 13.3. The van der Waals surface area contributed by atoms with E-state index in [1.807, 2.05) is 0 Å². The van der Waals surface area contributed by atoms with Gasteiger partial charge in [-0.3, -0.25) is 9.48 Å². The van der Waals surface area contributed by atoms with Gasteiger partial charge < -0.3 is 15.2 Å². The molecule has 0 atom stereocenters. The van der Waals surface area contributed by atoms with Gasteiger partial charge >= 0.3 is 5.97 Å². The minimum Gasteiger partial charge on any atom is -0.496 e. The van der Waals surface area contributed by atoms with E-state index < -0.39 is 5.97 Å². The smallest absolute Gasteiger partial charge is 0.335 e. The predicted octanol–water partition coefficient (Wildman–Crippen LogP) is 1.41. The lowest BCUT2D eigenvalue weighted by Gasteiger charge is -2.10. The summed E-state index contributed by atoms with van der Waals surface area (Å²) in [7, 11) is 3.25. The van der Waals surface area contributed by atoms with E-state index in [1.165, 1.54) is 19.2 Å². The van der Waals surface area contributed by atoms with Crippen LogP contribution in [0.5, 0.6) is 5.75 Å². The van der Waals surface area contributed by atoms with Crippen LogP contribution in [0.4, 0.5) is 0 Å². The first-order valence-corrected chi connectivity index (χ1v) is 7.11. The third-order valence-electron chi connectivity index (χ3n) is 3.47. The highest BCUT2D eigenvalue weighted by Gasteiger charge is 2.13. The number of aromatic carboxylic acids is 1. The Hall–Kier alpha value is -2.83. The van der Waals surface area contributed by atoms with Crippen LogP contribution in [-0.2, 0) is 13.5 Å². The van der Waals surface area contributed by atoms with Crippen LogP contribution in [0.25, 0.3) is 0 Å². The summed E-state index contributed by atoms with van der Waals surface area (Å²) in [5.74, 6) is -0.691. The largest absolute Gasteiger partial charge is 0.496 e. The van der Waals surface area contributed by atoms with Crippen molar-refractivity contribution in [2.75, 3.05) is 13.7 Å². The second kappa shape index (κ2) is 6.95. The van der Waals surface area contributed by atoms with Crippen molar-refractivity contribution in [1.29, 1.82) is 0 Å². The minimum atomic E-state index is -1.00. The highest BCUT2D eigenvalue weighted by molar-refractivity contribution is 5.95. The van der Waals surface area contributed by atoms with Crippen LogP contribution in [0.2, 0.25) is 0 Å². The van der Waals surface area contributed by atoms with Gasteiger partial charge in [0.25, 0.3) is 5.91 Å². The molecule has 2 aromatic rings. The molecule has 0 saturated heterocycles. The van der Waals surface area contributed by atoms with E-state index in [4.69, 9.17) is 9.84 Å². The van der Waals surface area contributed by atoms with Gasteiger partial charge in [0.1, 0.15) is 5.75 Å². The molecule has 0 radical (unpaired) electrons. The summed E-state index contributed by atoms with van der Waals surface area (Å²) >= 11 is 0. The normalized spacial score (nSPS) is 10.4. The van der Waals surface area contributed by atoms with Gasteiger partial charge in [0, 0.05) is 19.8 Å². The van der Waals surface area contributed by atoms with Gasteiger partial charge in [0.05, 0.1) is 23.9 Å². The third kappa shape index (κ3) is 3.88. The average Bonchev–Trinajstić information content (AvgIpc) is 2.85. The lowest BCUT2D eigenvalue weighted by molar-refractivity contribution is 0.0696. The number of carbonyl (C=O) groups excluding carboxylic acids is 1. The molecule has 2 N–H and O–H groups in total. The topological polar surface area (TPSA) is 93.5 Å². The van der Waals surface area contributed by atoms with Gasteiger partial charge in [-0.2, -0.15) is 5.10 Å². The van der Waals surface area contributed by atoms with Crippen LogP contribution in [0.1, 0.15) is 32.0 Å². The molecule has 122 valence electrons. The Kier molecular flexibility index (Phi) is 5.00. The van der Waals surface area contributed by atoms with Gasteiger partial charge in [-0.15, -0.1) is 0 Å². The molecular weight excluding hydrogens is 298 g/mol. The maximum atomic E-state index is 12.1. The molecule has 0 aliphatic rings. The van der Waals surface area contributed by atoms with E-state index in [0.29, 0.717) is 30.0 Å². The molecule has 0 saturated carbocycles. The highest BCUT2D eigenvalue weighted by Crippen LogP contribution is 2.20. The first-order chi connectivity index (χ1) is 10.9. The summed E-state index contributed by atoms with van der Waals surface area (Å²) < 4.78 is 6.81. The lowest BCUT2D eigenvalue weighted by Crippen LogP contribution is -2.26. The molecule has 0 aliphatic carbocycles. The number of nitrogens with zero attached hydrogens (tertiary/aromatic N) is 2. The molecule has 2 rings (SSSR count). The molecule has 0 spiro atoms. The van der Waals surface area contributed by atoms with Gasteiger partial charge in [0.15, 0.2) is 0 Å². The van der Waals surface area contributed by atoms with Gasteiger partial charge in [-0.05, 0) is 31.0 Å². The molecule has 0 unspecified atom stereocenters. The molecule has 1 amide bonds. The number of rotatable bonds is 6. The quantitative estimate of drug-likeness (QED) is 0.840. The van der Waals surface area contributed by atoms with Crippen LogP contribution in [0, 0.1) is 6.92 Å². The number of ether oxygens (including phenoxy) is 1. The second-order valence-corrected chi connectivity index (χ2v) is 5.14. The predicted molar refractivity (Wildman–Crippen MR) is 83.9 cm³/mol. The van der Waals surface area contributed by atoms with E-state index in [1.54, 1.807) is 30.9 Å². The van der Waals surface area contributed by atoms with E-state index in [2.05, 4.69) is 10.4 Å². The molecule has 0 fully saturated rings. The summed E-state index contributed by atoms with van der Waals surface area (Å²) in [5.41, 5.74) is 2.22. The van der Waals surface area contributed by atoms with Gasteiger partial charge in [-0.25, -0.2) is 4.79 Å².